The molecule has 7 heteroatoms. The Kier molecular flexibility index (Phi) is 8.42. The van der Waals surface area contributed by atoms with Crippen molar-refractivity contribution in [2.24, 2.45) is 7.05 Å². The van der Waals surface area contributed by atoms with Crippen LogP contribution >= 0.6 is 0 Å². The molecule has 0 bridgehead atoms. The van der Waals surface area contributed by atoms with Gasteiger partial charge in [-0.15, -0.1) is 5.10 Å². The highest BCUT2D eigenvalue weighted by Crippen LogP contribution is 2.42. The fourth-order valence-corrected chi connectivity index (χ4v) is 5.68. The summed E-state index contributed by atoms with van der Waals surface area (Å²) in [5.41, 5.74) is 6.86. The first-order chi connectivity index (χ1) is 18.4. The quantitative estimate of drug-likeness (QED) is 0.165. The number of aromatic nitrogens is 3. The Labute approximate surface area is 233 Å². The molecule has 0 amide bonds. The number of ether oxygens (including phenoxy) is 1. The monoisotopic (exact) mass is 543 g/mol. The number of fused-ring (bicyclic) bond motifs is 1. The van der Waals surface area contributed by atoms with E-state index in [9.17, 15) is 4.79 Å². The molecule has 0 aliphatic heterocycles. The molecular formula is C32H41N3O3Si. The minimum absolute atomic E-state index is 0.0363. The molecule has 6 nitrogen and oxygen atoms in total. The average molecular weight is 544 g/mol. The third kappa shape index (κ3) is 6.31. The SMILES string of the molecule is Cc1ccc(C(C(=O)OCc2ccccc2)C(CO[Si](C)(C)C(C)(C)C)c2ccc3c(nnn3C)c2C)cc1. The van der Waals surface area contributed by atoms with E-state index in [0.717, 1.165) is 38.9 Å². The fourth-order valence-electron chi connectivity index (χ4n) is 4.66. The van der Waals surface area contributed by atoms with Gasteiger partial charge in [0.25, 0.3) is 0 Å². The molecule has 0 radical (unpaired) electrons. The number of hydrogen-bond donors (Lipinski definition) is 0. The number of carbonyl (C=O) groups excluding carboxylic acids is 1. The highest BCUT2D eigenvalue weighted by molar-refractivity contribution is 6.74. The lowest BCUT2D eigenvalue weighted by Crippen LogP contribution is -2.42. The van der Waals surface area contributed by atoms with Crippen molar-refractivity contribution in [3.8, 4) is 0 Å². The number of benzene rings is 3. The van der Waals surface area contributed by atoms with Gasteiger partial charge >= 0.3 is 5.97 Å². The van der Waals surface area contributed by atoms with Crippen molar-refractivity contribution in [1.29, 1.82) is 0 Å². The highest BCUT2D eigenvalue weighted by Gasteiger charge is 2.40. The predicted octanol–water partition coefficient (Wildman–Crippen LogP) is 7.22. The molecule has 206 valence electrons. The zero-order chi connectivity index (χ0) is 28.4. The molecule has 4 rings (SSSR count). The number of nitrogens with zero attached hydrogens (tertiary/aromatic N) is 3. The minimum atomic E-state index is -2.11. The van der Waals surface area contributed by atoms with Crippen molar-refractivity contribution in [3.05, 3.63) is 94.5 Å². The Bertz CT molecular complexity index is 1420. The fraction of sp³-hybridized carbons (Fsp3) is 0.406. The molecule has 3 aromatic carbocycles. The van der Waals surface area contributed by atoms with E-state index in [1.165, 1.54) is 0 Å². The molecular weight excluding hydrogens is 502 g/mol. The Balaban J connectivity index is 1.80. The summed E-state index contributed by atoms with van der Waals surface area (Å²) in [5.74, 6) is -1.08. The van der Waals surface area contributed by atoms with Crippen molar-refractivity contribution >= 4 is 25.3 Å². The van der Waals surface area contributed by atoms with Crippen LogP contribution in [0.3, 0.4) is 0 Å². The smallest absolute Gasteiger partial charge is 0.314 e. The summed E-state index contributed by atoms with van der Waals surface area (Å²) in [6.07, 6.45) is 0. The zero-order valence-electron chi connectivity index (χ0n) is 24.5. The van der Waals surface area contributed by atoms with E-state index in [1.807, 2.05) is 55.6 Å². The maximum atomic E-state index is 14.0. The summed E-state index contributed by atoms with van der Waals surface area (Å²) in [4.78, 5) is 14.0. The molecule has 2 unspecified atom stereocenters. The largest absolute Gasteiger partial charge is 0.460 e. The van der Waals surface area contributed by atoms with Crippen molar-refractivity contribution in [1.82, 2.24) is 15.0 Å². The Hall–Kier alpha value is -3.29. The number of aryl methyl sites for hydroxylation is 3. The summed E-state index contributed by atoms with van der Waals surface area (Å²) in [7, 11) is -0.222. The van der Waals surface area contributed by atoms with E-state index in [-0.39, 0.29) is 23.5 Å². The number of carbonyl (C=O) groups is 1. The Morgan fingerprint density at radius 1 is 0.974 bits per heavy atom. The van der Waals surface area contributed by atoms with Gasteiger partial charge < -0.3 is 9.16 Å². The van der Waals surface area contributed by atoms with Crippen LogP contribution in [-0.4, -0.2) is 35.9 Å². The van der Waals surface area contributed by atoms with Crippen LogP contribution in [0.4, 0.5) is 0 Å². The van der Waals surface area contributed by atoms with E-state index in [4.69, 9.17) is 9.16 Å². The lowest BCUT2D eigenvalue weighted by atomic mass is 9.80. The summed E-state index contributed by atoms with van der Waals surface area (Å²) in [6, 6.07) is 22.1. The second-order valence-corrected chi connectivity index (χ2v) is 16.8. The van der Waals surface area contributed by atoms with Gasteiger partial charge in [-0.05, 0) is 60.3 Å². The van der Waals surface area contributed by atoms with E-state index in [2.05, 4.69) is 76.2 Å². The molecule has 1 aromatic heterocycles. The van der Waals surface area contributed by atoms with Crippen LogP contribution in [0.2, 0.25) is 18.1 Å². The second kappa shape index (κ2) is 11.4. The van der Waals surface area contributed by atoms with Crippen LogP contribution in [0.5, 0.6) is 0 Å². The molecule has 0 fully saturated rings. The summed E-state index contributed by atoms with van der Waals surface area (Å²) in [5, 5.41) is 8.71. The van der Waals surface area contributed by atoms with Gasteiger partial charge in [0.1, 0.15) is 12.1 Å². The summed E-state index contributed by atoms with van der Waals surface area (Å²) in [6.45, 7) is 15.9. The van der Waals surface area contributed by atoms with E-state index >= 15 is 0 Å². The lowest BCUT2D eigenvalue weighted by molar-refractivity contribution is -0.147. The van der Waals surface area contributed by atoms with Crippen molar-refractivity contribution in [2.45, 2.75) is 71.2 Å². The van der Waals surface area contributed by atoms with Crippen LogP contribution in [0.1, 0.15) is 60.4 Å². The van der Waals surface area contributed by atoms with Gasteiger partial charge in [-0.2, -0.15) is 0 Å². The van der Waals surface area contributed by atoms with Crippen molar-refractivity contribution in [3.63, 3.8) is 0 Å². The number of esters is 1. The first-order valence-corrected chi connectivity index (χ1v) is 16.5. The predicted molar refractivity (Wildman–Crippen MR) is 159 cm³/mol. The maximum Gasteiger partial charge on any atom is 0.314 e. The molecule has 2 atom stereocenters. The minimum Gasteiger partial charge on any atom is -0.460 e. The second-order valence-electron chi connectivity index (χ2n) is 12.0. The van der Waals surface area contributed by atoms with Crippen LogP contribution in [-0.2, 0) is 27.6 Å². The van der Waals surface area contributed by atoms with Gasteiger partial charge in [0.15, 0.2) is 8.32 Å². The summed E-state index contributed by atoms with van der Waals surface area (Å²) >= 11 is 0. The Morgan fingerprint density at radius 3 is 2.28 bits per heavy atom. The first-order valence-electron chi connectivity index (χ1n) is 13.6. The highest BCUT2D eigenvalue weighted by atomic mass is 28.4. The third-order valence-electron chi connectivity index (χ3n) is 8.23. The standard InChI is InChI=1S/C32H41N3O3Si/c1-22-14-16-25(17-15-22)29(31(36)37-20-24-12-10-9-11-13-24)27(21-38-39(7,8)32(3,4)5)26-18-19-28-30(23(26)2)33-34-35(28)6/h9-19,27,29H,20-21H2,1-8H3. The van der Waals surface area contributed by atoms with Crippen LogP contribution in [0, 0.1) is 13.8 Å². The van der Waals surface area contributed by atoms with Crippen LogP contribution in [0.25, 0.3) is 11.0 Å². The maximum absolute atomic E-state index is 14.0. The molecule has 0 spiro atoms. The number of hydrogen-bond acceptors (Lipinski definition) is 5. The van der Waals surface area contributed by atoms with Gasteiger partial charge in [-0.25, -0.2) is 4.68 Å². The van der Waals surface area contributed by atoms with Gasteiger partial charge in [0, 0.05) is 19.6 Å². The van der Waals surface area contributed by atoms with Crippen molar-refractivity contribution in [2.75, 3.05) is 6.61 Å². The first kappa shape index (κ1) is 28.7. The number of rotatable bonds is 9. The average Bonchev–Trinajstić information content (AvgIpc) is 3.28. The van der Waals surface area contributed by atoms with E-state index in [1.54, 1.807) is 4.68 Å². The Morgan fingerprint density at radius 2 is 1.64 bits per heavy atom. The molecule has 0 saturated carbocycles. The molecule has 0 N–H and O–H groups in total. The molecule has 1 heterocycles. The molecule has 0 saturated heterocycles. The topological polar surface area (TPSA) is 66.2 Å². The van der Waals surface area contributed by atoms with Gasteiger partial charge in [0.05, 0.1) is 11.4 Å². The van der Waals surface area contributed by atoms with Gasteiger partial charge in [0.2, 0.25) is 0 Å². The van der Waals surface area contributed by atoms with Crippen LogP contribution in [0.15, 0.2) is 66.7 Å². The third-order valence-corrected chi connectivity index (χ3v) is 12.7. The lowest BCUT2D eigenvalue weighted by Gasteiger charge is -2.38. The van der Waals surface area contributed by atoms with Crippen molar-refractivity contribution < 1.29 is 14.0 Å². The zero-order valence-corrected chi connectivity index (χ0v) is 25.5. The molecule has 4 aromatic rings. The molecule has 0 aliphatic carbocycles. The van der Waals surface area contributed by atoms with Gasteiger partial charge in [-0.3, -0.25) is 4.79 Å². The molecule has 39 heavy (non-hydrogen) atoms. The van der Waals surface area contributed by atoms with E-state index in [0.29, 0.717) is 6.61 Å². The normalized spacial score (nSPS) is 13.8. The molecule has 0 aliphatic rings. The van der Waals surface area contributed by atoms with Gasteiger partial charge in [-0.1, -0.05) is 92.2 Å². The van der Waals surface area contributed by atoms with Crippen LogP contribution < -0.4 is 0 Å². The van der Waals surface area contributed by atoms with E-state index < -0.39 is 14.2 Å². The summed E-state index contributed by atoms with van der Waals surface area (Å²) < 4.78 is 14.6.